The number of anilines is 1. The van der Waals surface area contributed by atoms with Crippen LogP contribution in [0.1, 0.15) is 138 Å². The fraction of sp³-hybridized carbons (Fsp3) is 0.500. The molecule has 7 nitrogen and oxygen atoms in total. The number of rotatable bonds is 24. The molecule has 0 aliphatic rings. The van der Waals surface area contributed by atoms with Gasteiger partial charge in [0.1, 0.15) is 12.2 Å². The van der Waals surface area contributed by atoms with E-state index >= 15 is 0 Å². The molecule has 0 saturated heterocycles. The topological polar surface area (TPSA) is 97.1 Å². The smallest absolute Gasteiger partial charge is 0.319 e. The summed E-state index contributed by atoms with van der Waals surface area (Å²) in [6, 6.07) is 5.54. The molecule has 0 radical (unpaired) electrons. The SMILES string of the molecule is C#CC#CC#COC(=O)CCCCCCCCCCOc1ccc(N)cc1OCCCCCCCCCCC(=O)OC#CC#CC#C.[HH].[HH].[HH].[HH].[HH].[HH].[HH].[HH].[HH].[HH].[HH].[HH].[HH].[HH].[HH].[HH]. The van der Waals surface area contributed by atoms with Gasteiger partial charge in [0.2, 0.25) is 0 Å². The third-order valence-corrected chi connectivity index (χ3v) is 6.86. The number of nitrogens with two attached hydrogens (primary N) is 1. The molecule has 47 heavy (non-hydrogen) atoms. The molecule has 1 rings (SSSR count). The first kappa shape index (κ1) is 39.9. The Morgan fingerprint density at radius 1 is 0.553 bits per heavy atom. The molecule has 0 unspecified atom stereocenters. The predicted molar refractivity (Wildman–Crippen MR) is 220 cm³/mol. The van der Waals surface area contributed by atoms with E-state index in [4.69, 9.17) is 37.5 Å². The minimum absolute atomic E-state index is 0. The van der Waals surface area contributed by atoms with Crippen LogP contribution >= 0.6 is 0 Å². The second-order valence-electron chi connectivity index (χ2n) is 10.8. The first-order valence-corrected chi connectivity index (χ1v) is 16.5. The molecule has 0 spiro atoms. The molecule has 0 aliphatic heterocycles. The lowest BCUT2D eigenvalue weighted by molar-refractivity contribution is -0.137. The van der Waals surface area contributed by atoms with Gasteiger partial charge in [-0.2, -0.15) is 0 Å². The van der Waals surface area contributed by atoms with Crippen LogP contribution in [0.5, 0.6) is 11.5 Å². The van der Waals surface area contributed by atoms with E-state index in [1.54, 1.807) is 0 Å². The van der Waals surface area contributed by atoms with E-state index in [2.05, 4.69) is 59.6 Å². The number of benzene rings is 1. The second kappa shape index (κ2) is 29.6. The van der Waals surface area contributed by atoms with Gasteiger partial charge < -0.3 is 24.7 Å². The lowest BCUT2D eigenvalue weighted by Gasteiger charge is -2.13. The Kier molecular flexibility index (Phi) is 25.2. The molecule has 280 valence electrons. The third-order valence-electron chi connectivity index (χ3n) is 6.86. The zero-order chi connectivity index (χ0) is 34.0. The van der Waals surface area contributed by atoms with Crippen molar-refractivity contribution in [1.82, 2.24) is 0 Å². The summed E-state index contributed by atoms with van der Waals surface area (Å²) in [5.74, 6) is 19.2. The fourth-order valence-corrected chi connectivity index (χ4v) is 4.44. The number of ether oxygens (including phenoxy) is 4. The summed E-state index contributed by atoms with van der Waals surface area (Å²) >= 11 is 0. The third kappa shape index (κ3) is 24.9. The maximum absolute atomic E-state index is 11.6. The van der Waals surface area contributed by atoms with Gasteiger partial charge in [0.15, 0.2) is 11.5 Å². The van der Waals surface area contributed by atoms with Gasteiger partial charge in [0, 0.05) is 71.1 Å². The lowest BCUT2D eigenvalue weighted by Crippen LogP contribution is -2.03. The van der Waals surface area contributed by atoms with E-state index in [-0.39, 0.29) is 34.8 Å². The van der Waals surface area contributed by atoms with Crippen LogP contribution in [0, 0.1) is 72.4 Å². The standard InChI is InChI=1S/C40H47NO6.16H2/c1-3-5-7-23-33-46-39(42)27-21-17-13-9-11-15-19-25-31-44-37-30-29-36(41)35-38(37)45-32-26-20-16-12-10-14-18-22-28-40(43)47-34-24-8-6-4-2;;;;;;;;;;;;;;;;/h1-2,29-30,35H,9-22,25-28,31-32,41H2;16*1H. The van der Waals surface area contributed by atoms with Crippen molar-refractivity contribution < 1.29 is 51.4 Å². The largest absolute Gasteiger partial charge is 0.490 e. The molecular weight excluding hydrogens is 590 g/mol. The van der Waals surface area contributed by atoms with E-state index in [0.717, 1.165) is 108 Å². The number of esters is 2. The minimum Gasteiger partial charge on any atom is -0.490 e. The van der Waals surface area contributed by atoms with Crippen LogP contribution in [0.3, 0.4) is 0 Å². The van der Waals surface area contributed by atoms with Crippen LogP contribution in [0.2, 0.25) is 0 Å². The van der Waals surface area contributed by atoms with Gasteiger partial charge >= 0.3 is 11.9 Å². The minimum atomic E-state index is -0.334. The van der Waals surface area contributed by atoms with Crippen molar-refractivity contribution in [1.29, 1.82) is 0 Å². The number of hydrogen-bond acceptors (Lipinski definition) is 7. The highest BCUT2D eigenvalue weighted by molar-refractivity contribution is 5.71. The van der Waals surface area contributed by atoms with E-state index in [1.807, 2.05) is 18.2 Å². The van der Waals surface area contributed by atoms with E-state index < -0.39 is 0 Å². The van der Waals surface area contributed by atoms with Gasteiger partial charge in [-0.3, -0.25) is 9.59 Å². The van der Waals surface area contributed by atoms with Crippen LogP contribution in [-0.4, -0.2) is 25.2 Å². The van der Waals surface area contributed by atoms with Crippen LogP contribution in [0.4, 0.5) is 5.69 Å². The summed E-state index contributed by atoms with van der Waals surface area (Å²) in [6.45, 7) is 1.26. The summed E-state index contributed by atoms with van der Waals surface area (Å²) in [4.78, 5) is 23.2. The highest BCUT2D eigenvalue weighted by Gasteiger charge is 2.07. The Labute approximate surface area is 306 Å². The van der Waals surface area contributed by atoms with Crippen molar-refractivity contribution >= 4 is 17.6 Å². The van der Waals surface area contributed by atoms with Crippen molar-refractivity contribution in [2.45, 2.75) is 116 Å². The Morgan fingerprint density at radius 3 is 1.40 bits per heavy atom. The first-order valence-electron chi connectivity index (χ1n) is 16.5. The van der Waals surface area contributed by atoms with Crippen LogP contribution < -0.4 is 15.2 Å². The summed E-state index contributed by atoms with van der Waals surface area (Å²) in [7, 11) is 0. The van der Waals surface area contributed by atoms with Gasteiger partial charge in [-0.15, -0.1) is 12.8 Å². The average Bonchev–Trinajstić information content (AvgIpc) is 3.06. The van der Waals surface area contributed by atoms with Gasteiger partial charge in [-0.1, -0.05) is 77.0 Å². The van der Waals surface area contributed by atoms with E-state index in [0.29, 0.717) is 37.5 Å². The maximum atomic E-state index is 11.6. The van der Waals surface area contributed by atoms with Crippen LogP contribution in [0.25, 0.3) is 0 Å². The predicted octanol–water partition coefficient (Wildman–Crippen LogP) is 11.3. The van der Waals surface area contributed by atoms with E-state index in [1.165, 1.54) is 0 Å². The van der Waals surface area contributed by atoms with Crippen molar-refractivity contribution in [3.05, 3.63) is 18.2 Å². The van der Waals surface area contributed by atoms with E-state index in [9.17, 15) is 9.59 Å². The molecule has 7 heteroatoms. The Morgan fingerprint density at radius 2 is 0.957 bits per heavy atom. The molecule has 0 fully saturated rings. The highest BCUT2D eigenvalue weighted by Crippen LogP contribution is 2.30. The number of carbonyl (C=O) groups excluding carboxylic acids is 2. The van der Waals surface area contributed by atoms with Crippen molar-refractivity contribution in [2.24, 2.45) is 0 Å². The quantitative estimate of drug-likeness (QED) is 0.0506. The Hall–Kier alpha value is -5.08. The molecule has 0 heterocycles. The van der Waals surface area contributed by atoms with Crippen LogP contribution in [-0.2, 0) is 19.1 Å². The van der Waals surface area contributed by atoms with Crippen molar-refractivity contribution in [3.63, 3.8) is 0 Å². The zero-order valence-corrected chi connectivity index (χ0v) is 27.6. The molecule has 1 aromatic rings. The molecule has 0 atom stereocenters. The number of unbranched alkanes of at least 4 members (excludes halogenated alkanes) is 14. The summed E-state index contributed by atoms with van der Waals surface area (Å²) < 4.78 is 21.6. The first-order chi connectivity index (χ1) is 23.1. The lowest BCUT2D eigenvalue weighted by atomic mass is 10.1. The van der Waals surface area contributed by atoms with Gasteiger partial charge in [0.25, 0.3) is 0 Å². The fourth-order valence-electron chi connectivity index (χ4n) is 4.44. The Balaban J connectivity index is -0.0000000986. The Bertz CT molecular complexity index is 1450. The number of carbonyl (C=O) groups is 2. The summed E-state index contributed by atoms with van der Waals surface area (Å²) in [5.41, 5.74) is 6.64. The number of terminal acetylenes is 2. The average molecular weight is 670 g/mol. The van der Waals surface area contributed by atoms with Gasteiger partial charge in [-0.05, 0) is 61.5 Å². The second-order valence-corrected chi connectivity index (χ2v) is 10.8. The summed E-state index contributed by atoms with van der Waals surface area (Å²) in [6.07, 6.45) is 32.0. The molecular formula is C40H79NO6. The van der Waals surface area contributed by atoms with Crippen LogP contribution in [0.15, 0.2) is 18.2 Å². The normalized spacial score (nSPS) is 9.23. The molecule has 0 aliphatic carbocycles. The number of nitrogen functional groups attached to an aromatic ring is 1. The highest BCUT2D eigenvalue weighted by atomic mass is 16.5. The molecule has 0 bridgehead atoms. The molecule has 0 saturated carbocycles. The van der Waals surface area contributed by atoms with Gasteiger partial charge in [0.05, 0.1) is 13.2 Å². The molecule has 0 amide bonds. The maximum Gasteiger partial charge on any atom is 0.319 e. The van der Waals surface area contributed by atoms with Crippen molar-refractivity contribution in [3.8, 4) is 83.9 Å². The zero-order valence-electron chi connectivity index (χ0n) is 27.6. The molecule has 2 N–H and O–H groups in total. The summed E-state index contributed by atoms with van der Waals surface area (Å²) in [5, 5.41) is 0. The molecule has 1 aromatic carbocycles. The number of hydrogen-bond donors (Lipinski definition) is 1. The van der Waals surface area contributed by atoms with Crippen molar-refractivity contribution in [2.75, 3.05) is 18.9 Å². The monoisotopic (exact) mass is 670 g/mol. The van der Waals surface area contributed by atoms with Gasteiger partial charge in [-0.25, -0.2) is 0 Å². The molecule has 0 aromatic heterocycles.